The van der Waals surface area contributed by atoms with E-state index in [0.29, 0.717) is 29.3 Å². The Balaban J connectivity index is 1.44. The average molecular weight is 449 g/mol. The third-order valence-electron chi connectivity index (χ3n) is 5.87. The Kier molecular flexibility index (Phi) is 6.47. The number of anilines is 1. The Morgan fingerprint density at radius 3 is 2.62 bits per heavy atom. The number of hydrogen-bond acceptors (Lipinski definition) is 3. The standard InChI is InChI=1S/C26H25ClN2O3/c1-17(19-9-6-10-23(15-19)28-25(30)18-7-4-3-5-8-18)29(2)26(31)21-13-20-14-22(27)11-12-24(20)32-16-21/h3-12,14-15,17,21H,13,16H2,1-2H3,(H,28,30). The maximum atomic E-state index is 13.2. The summed E-state index contributed by atoms with van der Waals surface area (Å²) in [5, 5.41) is 3.56. The van der Waals surface area contributed by atoms with E-state index in [1.807, 2.05) is 61.5 Å². The topological polar surface area (TPSA) is 58.6 Å². The van der Waals surface area contributed by atoms with Crippen LogP contribution >= 0.6 is 11.6 Å². The van der Waals surface area contributed by atoms with E-state index in [-0.39, 0.29) is 23.8 Å². The smallest absolute Gasteiger partial charge is 0.255 e. The number of halogens is 1. The number of amides is 2. The summed E-state index contributed by atoms with van der Waals surface area (Å²) in [6.45, 7) is 2.32. The van der Waals surface area contributed by atoms with Gasteiger partial charge in [-0.1, -0.05) is 41.9 Å². The van der Waals surface area contributed by atoms with E-state index in [2.05, 4.69) is 5.32 Å². The van der Waals surface area contributed by atoms with Gasteiger partial charge in [-0.2, -0.15) is 0 Å². The summed E-state index contributed by atoms with van der Waals surface area (Å²) in [5.74, 6) is 0.365. The van der Waals surface area contributed by atoms with Crippen LogP contribution in [0.2, 0.25) is 5.02 Å². The van der Waals surface area contributed by atoms with Crippen molar-refractivity contribution in [1.82, 2.24) is 4.90 Å². The number of benzene rings is 3. The Bertz CT molecular complexity index is 1130. The summed E-state index contributed by atoms with van der Waals surface area (Å²) in [7, 11) is 1.80. The van der Waals surface area contributed by atoms with Gasteiger partial charge in [-0.05, 0) is 66.9 Å². The van der Waals surface area contributed by atoms with Gasteiger partial charge in [0.15, 0.2) is 0 Å². The molecule has 6 heteroatoms. The molecule has 3 aromatic carbocycles. The van der Waals surface area contributed by atoms with Gasteiger partial charge in [-0.3, -0.25) is 9.59 Å². The van der Waals surface area contributed by atoms with Crippen molar-refractivity contribution in [3.8, 4) is 5.75 Å². The van der Waals surface area contributed by atoms with Crippen molar-refractivity contribution in [2.45, 2.75) is 19.4 Å². The van der Waals surface area contributed by atoms with Crippen LogP contribution in [0.3, 0.4) is 0 Å². The van der Waals surface area contributed by atoms with Gasteiger partial charge in [-0.25, -0.2) is 0 Å². The number of nitrogens with zero attached hydrogens (tertiary/aromatic N) is 1. The first-order valence-corrected chi connectivity index (χ1v) is 10.9. The molecule has 0 spiro atoms. The molecular formula is C26H25ClN2O3. The summed E-state index contributed by atoms with van der Waals surface area (Å²) in [5.41, 5.74) is 3.17. The monoisotopic (exact) mass is 448 g/mol. The molecule has 3 aromatic rings. The molecule has 1 N–H and O–H groups in total. The van der Waals surface area contributed by atoms with Crippen molar-refractivity contribution in [3.63, 3.8) is 0 Å². The lowest BCUT2D eigenvalue weighted by molar-refractivity contribution is -0.137. The van der Waals surface area contributed by atoms with Crippen LogP contribution in [-0.4, -0.2) is 30.4 Å². The Labute approximate surface area is 193 Å². The van der Waals surface area contributed by atoms with Crippen LogP contribution < -0.4 is 10.1 Å². The van der Waals surface area contributed by atoms with Crippen molar-refractivity contribution in [2.24, 2.45) is 5.92 Å². The highest BCUT2D eigenvalue weighted by atomic mass is 35.5. The quantitative estimate of drug-likeness (QED) is 0.571. The fourth-order valence-electron chi connectivity index (χ4n) is 3.89. The third-order valence-corrected chi connectivity index (χ3v) is 6.10. The van der Waals surface area contributed by atoms with E-state index in [1.54, 1.807) is 30.1 Å². The van der Waals surface area contributed by atoms with E-state index in [0.717, 1.165) is 16.9 Å². The van der Waals surface area contributed by atoms with Crippen LogP contribution in [0.15, 0.2) is 72.8 Å². The average Bonchev–Trinajstić information content (AvgIpc) is 2.82. The molecule has 164 valence electrons. The first-order valence-electron chi connectivity index (χ1n) is 10.6. The molecule has 0 aromatic heterocycles. The minimum atomic E-state index is -0.269. The third kappa shape index (κ3) is 4.78. The van der Waals surface area contributed by atoms with Gasteiger partial charge in [0.25, 0.3) is 5.91 Å². The normalized spacial score (nSPS) is 15.8. The van der Waals surface area contributed by atoms with Gasteiger partial charge in [0.05, 0.1) is 12.0 Å². The Hall–Kier alpha value is -3.31. The first kappa shape index (κ1) is 21.9. The summed E-state index contributed by atoms with van der Waals surface area (Å²) in [4.78, 5) is 27.4. The summed E-state index contributed by atoms with van der Waals surface area (Å²) >= 11 is 6.11. The van der Waals surface area contributed by atoms with E-state index < -0.39 is 0 Å². The summed E-state index contributed by atoms with van der Waals surface area (Å²) < 4.78 is 5.80. The molecule has 1 aliphatic heterocycles. The molecule has 0 radical (unpaired) electrons. The number of nitrogens with one attached hydrogen (secondary N) is 1. The predicted octanol–water partition coefficient (Wildman–Crippen LogP) is 5.36. The van der Waals surface area contributed by atoms with Crippen molar-refractivity contribution in [2.75, 3.05) is 19.0 Å². The molecular weight excluding hydrogens is 424 g/mol. The second-order valence-electron chi connectivity index (χ2n) is 8.03. The minimum Gasteiger partial charge on any atom is -0.492 e. The molecule has 0 fully saturated rings. The van der Waals surface area contributed by atoms with Crippen LogP contribution in [0.1, 0.15) is 34.5 Å². The molecule has 0 saturated carbocycles. The highest BCUT2D eigenvalue weighted by Crippen LogP contribution is 2.32. The Morgan fingerprint density at radius 2 is 1.84 bits per heavy atom. The zero-order chi connectivity index (χ0) is 22.7. The molecule has 32 heavy (non-hydrogen) atoms. The van der Waals surface area contributed by atoms with Crippen LogP contribution in [0.25, 0.3) is 0 Å². The molecule has 2 unspecified atom stereocenters. The summed E-state index contributed by atoms with van der Waals surface area (Å²) in [6.07, 6.45) is 0.596. The number of rotatable bonds is 5. The van der Waals surface area contributed by atoms with Gasteiger partial charge < -0.3 is 15.0 Å². The lowest BCUT2D eigenvalue weighted by Gasteiger charge is -2.32. The molecule has 1 heterocycles. The van der Waals surface area contributed by atoms with Crippen LogP contribution in [0, 0.1) is 5.92 Å². The lowest BCUT2D eigenvalue weighted by Crippen LogP contribution is -2.39. The molecule has 0 aliphatic carbocycles. The van der Waals surface area contributed by atoms with Gasteiger partial charge in [0.1, 0.15) is 12.4 Å². The second-order valence-corrected chi connectivity index (χ2v) is 8.47. The molecule has 4 rings (SSSR count). The SMILES string of the molecule is CC(c1cccc(NC(=O)c2ccccc2)c1)N(C)C(=O)C1COc2ccc(Cl)cc2C1. The zero-order valence-electron chi connectivity index (χ0n) is 18.0. The zero-order valence-corrected chi connectivity index (χ0v) is 18.8. The maximum absolute atomic E-state index is 13.2. The van der Waals surface area contributed by atoms with E-state index >= 15 is 0 Å². The second kappa shape index (κ2) is 9.45. The molecule has 0 saturated heterocycles. The lowest BCUT2D eigenvalue weighted by atomic mass is 9.94. The van der Waals surface area contributed by atoms with Gasteiger partial charge in [0, 0.05) is 23.3 Å². The number of fused-ring (bicyclic) bond motifs is 1. The first-order chi connectivity index (χ1) is 15.4. The van der Waals surface area contributed by atoms with Crippen molar-refractivity contribution in [1.29, 1.82) is 0 Å². The number of hydrogen-bond donors (Lipinski definition) is 1. The summed E-state index contributed by atoms with van der Waals surface area (Å²) in [6, 6.07) is 22.0. The highest BCUT2D eigenvalue weighted by molar-refractivity contribution is 6.30. The van der Waals surface area contributed by atoms with Crippen LogP contribution in [-0.2, 0) is 11.2 Å². The molecule has 1 aliphatic rings. The highest BCUT2D eigenvalue weighted by Gasteiger charge is 2.30. The Morgan fingerprint density at radius 1 is 1.06 bits per heavy atom. The fraction of sp³-hybridized carbons (Fsp3) is 0.231. The van der Waals surface area contributed by atoms with Crippen LogP contribution in [0.5, 0.6) is 5.75 Å². The van der Waals surface area contributed by atoms with E-state index in [1.165, 1.54) is 0 Å². The molecule has 0 bridgehead atoms. The number of ether oxygens (including phenoxy) is 1. The van der Waals surface area contributed by atoms with Crippen molar-refractivity contribution in [3.05, 3.63) is 94.5 Å². The predicted molar refractivity (Wildman–Crippen MR) is 126 cm³/mol. The van der Waals surface area contributed by atoms with Crippen molar-refractivity contribution >= 4 is 29.1 Å². The number of carbonyl (C=O) groups is 2. The van der Waals surface area contributed by atoms with E-state index in [4.69, 9.17) is 16.3 Å². The van der Waals surface area contributed by atoms with Gasteiger partial charge >= 0.3 is 0 Å². The van der Waals surface area contributed by atoms with E-state index in [9.17, 15) is 9.59 Å². The largest absolute Gasteiger partial charge is 0.492 e. The maximum Gasteiger partial charge on any atom is 0.255 e. The molecule has 2 atom stereocenters. The fourth-order valence-corrected chi connectivity index (χ4v) is 4.09. The molecule has 2 amide bonds. The van der Waals surface area contributed by atoms with Crippen molar-refractivity contribution < 1.29 is 14.3 Å². The van der Waals surface area contributed by atoms with Gasteiger partial charge in [-0.15, -0.1) is 0 Å². The molecule has 5 nitrogen and oxygen atoms in total. The van der Waals surface area contributed by atoms with Crippen LogP contribution in [0.4, 0.5) is 5.69 Å². The van der Waals surface area contributed by atoms with Gasteiger partial charge in [0.2, 0.25) is 5.91 Å². The minimum absolute atomic E-state index is 0.0156. The number of carbonyl (C=O) groups excluding carboxylic acids is 2.